The molecule has 5 rings (SSSR count). The number of ether oxygens (including phenoxy) is 4. The highest BCUT2D eigenvalue weighted by Gasteiger charge is 2.22. The van der Waals surface area contributed by atoms with Crippen molar-refractivity contribution < 1.29 is 28.5 Å². The van der Waals surface area contributed by atoms with E-state index < -0.39 is 0 Å². The molecule has 4 aromatic carbocycles. The van der Waals surface area contributed by atoms with E-state index in [-0.39, 0.29) is 17.5 Å². The second kappa shape index (κ2) is 21.9. The van der Waals surface area contributed by atoms with Gasteiger partial charge >= 0.3 is 0 Å². The molecular formula is C47H55N3O6. The summed E-state index contributed by atoms with van der Waals surface area (Å²) in [5, 5.41) is 0. The Bertz CT molecular complexity index is 1750. The first kappa shape index (κ1) is 41.3. The van der Waals surface area contributed by atoms with Crippen molar-refractivity contribution in [2.45, 2.75) is 53.4 Å². The highest BCUT2D eigenvalue weighted by Crippen LogP contribution is 2.20. The molecule has 0 aliphatic heterocycles. The molecule has 56 heavy (non-hydrogen) atoms. The minimum atomic E-state index is -0.228. The predicted octanol–water partition coefficient (Wildman–Crippen LogP) is 8.53. The Kier molecular flexibility index (Phi) is 16.2. The number of pyridine rings is 1. The number of benzene rings is 4. The summed E-state index contributed by atoms with van der Waals surface area (Å²) in [5.74, 6) is 2.83. The van der Waals surface area contributed by atoms with Crippen molar-refractivity contribution in [3.63, 3.8) is 0 Å². The molecule has 9 nitrogen and oxygen atoms in total. The number of carbonyl (C=O) groups is 2. The van der Waals surface area contributed by atoms with E-state index in [1.54, 1.807) is 18.3 Å². The lowest BCUT2D eigenvalue weighted by atomic mass is 10.1. The zero-order chi connectivity index (χ0) is 39.5. The Morgan fingerprint density at radius 2 is 0.804 bits per heavy atom. The minimum Gasteiger partial charge on any atom is -0.494 e. The van der Waals surface area contributed by atoms with Crippen LogP contribution in [0.3, 0.4) is 0 Å². The minimum absolute atomic E-state index is 0.157. The van der Waals surface area contributed by atoms with Gasteiger partial charge in [0, 0.05) is 37.9 Å². The summed E-state index contributed by atoms with van der Waals surface area (Å²) in [6.45, 7) is 12.1. The van der Waals surface area contributed by atoms with Crippen LogP contribution in [-0.4, -0.2) is 79.2 Å². The summed E-state index contributed by atoms with van der Waals surface area (Å²) in [4.78, 5) is 36.9. The number of hydrogen-bond donors (Lipinski definition) is 0. The molecule has 0 spiro atoms. The van der Waals surface area contributed by atoms with Gasteiger partial charge in [-0.25, -0.2) is 0 Å². The highest BCUT2D eigenvalue weighted by molar-refractivity contribution is 5.98. The summed E-state index contributed by atoms with van der Waals surface area (Å²) in [7, 11) is 0. The van der Waals surface area contributed by atoms with Crippen LogP contribution in [0.15, 0.2) is 115 Å². The average Bonchev–Trinajstić information content (AvgIpc) is 3.22. The highest BCUT2D eigenvalue weighted by atomic mass is 16.5. The van der Waals surface area contributed by atoms with Gasteiger partial charge in [-0.15, -0.1) is 0 Å². The topological polar surface area (TPSA) is 90.4 Å². The number of carbonyl (C=O) groups excluding carboxylic acids is 2. The maximum absolute atomic E-state index is 14.4. The smallest absolute Gasteiger partial charge is 0.272 e. The third-order valence-electron chi connectivity index (χ3n) is 9.32. The number of hydrogen-bond acceptors (Lipinski definition) is 7. The van der Waals surface area contributed by atoms with Gasteiger partial charge in [-0.05, 0) is 136 Å². The van der Waals surface area contributed by atoms with Gasteiger partial charge in [-0.3, -0.25) is 14.6 Å². The zero-order valence-corrected chi connectivity index (χ0v) is 33.2. The standard InChI is InChI=1S/C47H55N3O6/c1-5-53-41-17-9-13-36(31-41)22-27-49(28-23-37-14-10-18-42(32-37)54-6-2)46(51)40-21-26-48-45(35-40)47(52)50(29-24-38-15-11-19-43(33-38)55-7-3)30-25-39-16-12-20-44(34-39)56-8-4/h9-21,26,31-35H,5-8,22-25,27-30H2,1-4H3. The van der Waals surface area contributed by atoms with Crippen LogP contribution in [0.5, 0.6) is 23.0 Å². The van der Waals surface area contributed by atoms with Crippen molar-refractivity contribution in [3.05, 3.63) is 149 Å². The Balaban J connectivity index is 1.37. The SMILES string of the molecule is CCOc1cccc(CCN(CCc2cccc(OCC)c2)C(=O)c2ccnc(C(=O)N(CCc3cccc(OCC)c3)CCc3cccc(OCC)c3)c2)c1. The molecule has 2 amide bonds. The van der Waals surface area contributed by atoms with E-state index in [0.29, 0.717) is 83.9 Å². The maximum Gasteiger partial charge on any atom is 0.272 e. The van der Waals surface area contributed by atoms with Crippen molar-refractivity contribution in [2.24, 2.45) is 0 Å². The summed E-state index contributed by atoms with van der Waals surface area (Å²) >= 11 is 0. The molecule has 294 valence electrons. The van der Waals surface area contributed by atoms with Gasteiger partial charge in [0.15, 0.2) is 0 Å². The van der Waals surface area contributed by atoms with Crippen LogP contribution in [0, 0.1) is 0 Å². The van der Waals surface area contributed by atoms with Gasteiger partial charge in [-0.1, -0.05) is 48.5 Å². The van der Waals surface area contributed by atoms with Gasteiger partial charge in [0.2, 0.25) is 0 Å². The van der Waals surface area contributed by atoms with Gasteiger partial charge in [0.25, 0.3) is 11.8 Å². The molecular weight excluding hydrogens is 703 g/mol. The van der Waals surface area contributed by atoms with Crippen molar-refractivity contribution in [3.8, 4) is 23.0 Å². The molecule has 0 aliphatic carbocycles. The van der Waals surface area contributed by atoms with Crippen molar-refractivity contribution >= 4 is 11.8 Å². The fraction of sp³-hybridized carbons (Fsp3) is 0.340. The number of amides is 2. The molecule has 0 saturated heterocycles. The predicted molar refractivity (Wildman–Crippen MR) is 221 cm³/mol. The summed E-state index contributed by atoms with van der Waals surface area (Å²) < 4.78 is 22.9. The average molecular weight is 758 g/mol. The van der Waals surface area contributed by atoms with E-state index in [0.717, 1.165) is 45.3 Å². The largest absolute Gasteiger partial charge is 0.494 e. The first-order valence-electron chi connectivity index (χ1n) is 19.8. The van der Waals surface area contributed by atoms with Crippen LogP contribution in [0.4, 0.5) is 0 Å². The zero-order valence-electron chi connectivity index (χ0n) is 33.2. The Morgan fingerprint density at radius 3 is 1.14 bits per heavy atom. The van der Waals surface area contributed by atoms with Gasteiger partial charge in [-0.2, -0.15) is 0 Å². The Hall–Kier alpha value is -5.83. The monoisotopic (exact) mass is 757 g/mol. The molecule has 1 aromatic heterocycles. The lowest BCUT2D eigenvalue weighted by Crippen LogP contribution is -2.36. The molecule has 9 heteroatoms. The molecule has 0 saturated carbocycles. The lowest BCUT2D eigenvalue weighted by Gasteiger charge is -2.25. The first-order chi connectivity index (χ1) is 27.4. The lowest BCUT2D eigenvalue weighted by molar-refractivity contribution is 0.0752. The quantitative estimate of drug-likeness (QED) is 0.0700. The van der Waals surface area contributed by atoms with Crippen LogP contribution in [0.2, 0.25) is 0 Å². The second-order valence-corrected chi connectivity index (χ2v) is 13.3. The molecule has 0 aliphatic rings. The van der Waals surface area contributed by atoms with Crippen molar-refractivity contribution in [1.29, 1.82) is 0 Å². The Labute approximate surface area is 332 Å². The Morgan fingerprint density at radius 1 is 0.464 bits per heavy atom. The van der Waals surface area contributed by atoms with Crippen molar-refractivity contribution in [2.75, 3.05) is 52.6 Å². The van der Waals surface area contributed by atoms with Crippen LogP contribution in [-0.2, 0) is 25.7 Å². The normalized spacial score (nSPS) is 10.8. The van der Waals surface area contributed by atoms with E-state index in [1.807, 2.05) is 122 Å². The maximum atomic E-state index is 14.4. The molecule has 0 bridgehead atoms. The molecule has 0 unspecified atom stereocenters. The van der Waals surface area contributed by atoms with Crippen LogP contribution in [0.1, 0.15) is 70.8 Å². The molecule has 0 fully saturated rings. The molecule has 0 radical (unpaired) electrons. The van der Waals surface area contributed by atoms with E-state index in [1.165, 1.54) is 0 Å². The van der Waals surface area contributed by atoms with Crippen LogP contribution < -0.4 is 18.9 Å². The first-order valence-corrected chi connectivity index (χ1v) is 19.8. The number of nitrogens with zero attached hydrogens (tertiary/aromatic N) is 3. The van der Waals surface area contributed by atoms with E-state index in [4.69, 9.17) is 18.9 Å². The molecule has 0 atom stereocenters. The van der Waals surface area contributed by atoms with E-state index in [2.05, 4.69) is 17.1 Å². The third kappa shape index (κ3) is 12.6. The number of rotatable bonds is 22. The van der Waals surface area contributed by atoms with Gasteiger partial charge in [0.05, 0.1) is 26.4 Å². The van der Waals surface area contributed by atoms with Gasteiger partial charge < -0.3 is 28.7 Å². The van der Waals surface area contributed by atoms with Crippen LogP contribution >= 0.6 is 0 Å². The molecule has 5 aromatic rings. The van der Waals surface area contributed by atoms with E-state index >= 15 is 0 Å². The fourth-order valence-corrected chi connectivity index (χ4v) is 6.54. The second-order valence-electron chi connectivity index (χ2n) is 13.3. The number of aromatic nitrogens is 1. The van der Waals surface area contributed by atoms with Crippen molar-refractivity contribution in [1.82, 2.24) is 14.8 Å². The van der Waals surface area contributed by atoms with E-state index in [9.17, 15) is 9.59 Å². The van der Waals surface area contributed by atoms with Gasteiger partial charge in [0.1, 0.15) is 28.7 Å². The summed E-state index contributed by atoms with van der Waals surface area (Å²) in [5.41, 5.74) is 4.94. The molecule has 1 heterocycles. The summed E-state index contributed by atoms with van der Waals surface area (Å²) in [6.07, 6.45) is 4.11. The fourth-order valence-electron chi connectivity index (χ4n) is 6.54. The molecule has 0 N–H and O–H groups in total. The summed E-state index contributed by atoms with van der Waals surface area (Å²) in [6, 6.07) is 35.3. The third-order valence-corrected chi connectivity index (χ3v) is 9.32. The van der Waals surface area contributed by atoms with Crippen LogP contribution in [0.25, 0.3) is 0 Å².